The summed E-state index contributed by atoms with van der Waals surface area (Å²) >= 11 is 0. The summed E-state index contributed by atoms with van der Waals surface area (Å²) in [4.78, 5) is 15.7. The highest BCUT2D eigenvalue weighted by atomic mass is 16.5. The van der Waals surface area contributed by atoms with E-state index in [0.717, 1.165) is 0 Å². The summed E-state index contributed by atoms with van der Waals surface area (Å²) in [7, 11) is 0. The average molecular weight is 208 g/mol. The Morgan fingerprint density at radius 1 is 1.40 bits per heavy atom. The van der Waals surface area contributed by atoms with Crippen LogP contribution in [0.25, 0.3) is 0 Å². The van der Waals surface area contributed by atoms with Crippen LogP contribution in [0.1, 0.15) is 18.6 Å². The lowest BCUT2D eigenvalue weighted by atomic mass is 10.6. The molecule has 0 N–H and O–H groups in total. The van der Waals surface area contributed by atoms with Crippen LogP contribution >= 0.6 is 0 Å². The molecule has 2 rings (SSSR count). The Hall–Kier alpha value is -1.85. The van der Waals surface area contributed by atoms with Crippen LogP contribution in [-0.2, 0) is 13.1 Å². The molecule has 0 aliphatic carbocycles. The number of rotatable bonds is 3. The second-order valence-corrected chi connectivity index (χ2v) is 3.23. The molecular weight excluding hydrogens is 196 g/mol. The van der Waals surface area contributed by atoms with E-state index in [2.05, 4.69) is 10.1 Å². The van der Waals surface area contributed by atoms with E-state index in [4.69, 9.17) is 4.52 Å². The normalized spacial score (nSPS) is 10.8. The van der Waals surface area contributed by atoms with E-state index >= 15 is 0 Å². The van der Waals surface area contributed by atoms with Gasteiger partial charge in [0.2, 0.25) is 5.89 Å². The van der Waals surface area contributed by atoms with Gasteiger partial charge in [-0.1, -0.05) is 5.16 Å². The van der Waals surface area contributed by atoms with E-state index in [0.29, 0.717) is 24.8 Å². The predicted octanol–water partition coefficient (Wildman–Crippen LogP) is 0.409. The molecule has 0 spiro atoms. The van der Waals surface area contributed by atoms with Gasteiger partial charge < -0.3 is 4.52 Å². The minimum atomic E-state index is -0.0617. The Bertz CT molecular complexity index is 508. The zero-order valence-electron chi connectivity index (χ0n) is 8.67. The van der Waals surface area contributed by atoms with Gasteiger partial charge in [0.15, 0.2) is 5.82 Å². The van der Waals surface area contributed by atoms with Gasteiger partial charge in [0.05, 0.1) is 0 Å². The summed E-state index contributed by atoms with van der Waals surface area (Å²) in [5.41, 5.74) is -0.0617. The Morgan fingerprint density at radius 3 is 2.67 bits per heavy atom. The van der Waals surface area contributed by atoms with Gasteiger partial charge in [0.25, 0.3) is 0 Å². The molecule has 0 unspecified atom stereocenters. The molecule has 2 heterocycles. The molecule has 0 bridgehead atoms. The first-order valence-corrected chi connectivity index (χ1v) is 4.75. The van der Waals surface area contributed by atoms with E-state index < -0.39 is 0 Å². The number of hydrogen-bond donors (Lipinski definition) is 0. The van der Waals surface area contributed by atoms with E-state index in [-0.39, 0.29) is 5.69 Å². The molecule has 15 heavy (non-hydrogen) atoms. The van der Waals surface area contributed by atoms with Crippen LogP contribution in [0.15, 0.2) is 21.7 Å². The Labute approximate surface area is 86.1 Å². The highest BCUT2D eigenvalue weighted by molar-refractivity contribution is 4.88. The van der Waals surface area contributed by atoms with Gasteiger partial charge in [-0.2, -0.15) is 4.98 Å². The second-order valence-electron chi connectivity index (χ2n) is 3.23. The first-order valence-electron chi connectivity index (χ1n) is 4.75. The van der Waals surface area contributed by atoms with Crippen molar-refractivity contribution in [1.29, 1.82) is 0 Å². The van der Waals surface area contributed by atoms with Crippen LogP contribution < -0.4 is 5.69 Å². The quantitative estimate of drug-likeness (QED) is 0.732. The molecule has 6 heteroatoms. The maximum absolute atomic E-state index is 11.6. The number of imidazole rings is 1. The number of aromatic nitrogens is 4. The summed E-state index contributed by atoms with van der Waals surface area (Å²) < 4.78 is 8.09. The number of hydrogen-bond acceptors (Lipinski definition) is 4. The largest absolute Gasteiger partial charge is 0.337 e. The molecule has 80 valence electrons. The fraction of sp³-hybridized carbons (Fsp3) is 0.444. The molecule has 6 nitrogen and oxygen atoms in total. The van der Waals surface area contributed by atoms with Crippen molar-refractivity contribution in [2.45, 2.75) is 26.9 Å². The van der Waals surface area contributed by atoms with Crippen LogP contribution in [0.5, 0.6) is 0 Å². The molecule has 0 aromatic carbocycles. The van der Waals surface area contributed by atoms with Crippen molar-refractivity contribution >= 4 is 0 Å². The topological polar surface area (TPSA) is 65.8 Å². The fourth-order valence-corrected chi connectivity index (χ4v) is 1.36. The van der Waals surface area contributed by atoms with Crippen molar-refractivity contribution in [3.63, 3.8) is 0 Å². The van der Waals surface area contributed by atoms with Crippen molar-refractivity contribution in [3.8, 4) is 0 Å². The van der Waals surface area contributed by atoms with E-state index in [1.165, 1.54) is 4.57 Å². The highest BCUT2D eigenvalue weighted by Gasteiger charge is 2.07. The van der Waals surface area contributed by atoms with Gasteiger partial charge >= 0.3 is 5.69 Å². The monoisotopic (exact) mass is 208 g/mol. The van der Waals surface area contributed by atoms with Crippen LogP contribution in [0.2, 0.25) is 0 Å². The average Bonchev–Trinajstić information content (AvgIpc) is 2.76. The van der Waals surface area contributed by atoms with Crippen LogP contribution in [0, 0.1) is 6.92 Å². The Morgan fingerprint density at radius 2 is 2.13 bits per heavy atom. The first-order chi connectivity index (χ1) is 7.20. The van der Waals surface area contributed by atoms with Crippen molar-refractivity contribution < 1.29 is 4.52 Å². The van der Waals surface area contributed by atoms with Gasteiger partial charge in [0, 0.05) is 18.9 Å². The molecule has 0 radical (unpaired) electrons. The Balaban J connectivity index is 2.25. The highest BCUT2D eigenvalue weighted by Crippen LogP contribution is 1.98. The van der Waals surface area contributed by atoms with Crippen molar-refractivity contribution in [1.82, 2.24) is 19.3 Å². The lowest BCUT2D eigenvalue weighted by Gasteiger charge is -1.95. The first kappa shape index (κ1) is 9.70. The van der Waals surface area contributed by atoms with E-state index in [1.54, 1.807) is 23.9 Å². The molecular formula is C9H12N4O2. The van der Waals surface area contributed by atoms with Gasteiger partial charge in [-0.05, 0) is 13.8 Å². The van der Waals surface area contributed by atoms with Crippen LogP contribution in [-0.4, -0.2) is 19.3 Å². The van der Waals surface area contributed by atoms with Crippen molar-refractivity contribution in [2.24, 2.45) is 0 Å². The van der Waals surface area contributed by atoms with Gasteiger partial charge in [0.1, 0.15) is 6.54 Å². The lowest BCUT2D eigenvalue weighted by Crippen LogP contribution is -2.23. The number of aryl methyl sites for hydroxylation is 2. The minimum Gasteiger partial charge on any atom is -0.337 e. The van der Waals surface area contributed by atoms with Gasteiger partial charge in [-0.25, -0.2) is 4.79 Å². The molecule has 0 saturated carbocycles. The van der Waals surface area contributed by atoms with Gasteiger partial charge in [-0.3, -0.25) is 9.13 Å². The summed E-state index contributed by atoms with van der Waals surface area (Å²) in [5, 5.41) is 3.66. The third-order valence-electron chi connectivity index (χ3n) is 2.13. The maximum Gasteiger partial charge on any atom is 0.328 e. The fourth-order valence-electron chi connectivity index (χ4n) is 1.36. The second kappa shape index (κ2) is 3.72. The molecule has 0 fully saturated rings. The predicted molar refractivity (Wildman–Crippen MR) is 52.5 cm³/mol. The summed E-state index contributed by atoms with van der Waals surface area (Å²) in [6.45, 7) is 4.65. The molecule has 2 aromatic heterocycles. The maximum atomic E-state index is 11.6. The third kappa shape index (κ3) is 1.83. The molecule has 2 aromatic rings. The van der Waals surface area contributed by atoms with E-state index in [1.807, 2.05) is 6.92 Å². The van der Waals surface area contributed by atoms with Crippen LogP contribution in [0.4, 0.5) is 0 Å². The van der Waals surface area contributed by atoms with Gasteiger partial charge in [-0.15, -0.1) is 0 Å². The number of nitrogens with zero attached hydrogens (tertiary/aromatic N) is 4. The zero-order valence-corrected chi connectivity index (χ0v) is 8.67. The summed E-state index contributed by atoms with van der Waals surface area (Å²) in [5.74, 6) is 1.02. The minimum absolute atomic E-state index is 0.0617. The molecule has 0 saturated heterocycles. The van der Waals surface area contributed by atoms with Crippen molar-refractivity contribution in [2.75, 3.05) is 0 Å². The summed E-state index contributed by atoms with van der Waals surface area (Å²) in [6.07, 6.45) is 3.46. The smallest absolute Gasteiger partial charge is 0.328 e. The standard InChI is InChI=1S/C9H12N4O2/c1-3-12-4-5-13(9(12)14)6-8-10-7(2)11-15-8/h4-5H,3,6H2,1-2H3. The SMILES string of the molecule is CCn1ccn(Cc2nc(C)no2)c1=O. The zero-order chi connectivity index (χ0) is 10.8. The molecule has 0 aliphatic heterocycles. The van der Waals surface area contributed by atoms with E-state index in [9.17, 15) is 4.79 Å². The molecule has 0 atom stereocenters. The van der Waals surface area contributed by atoms with Crippen molar-refractivity contribution in [3.05, 3.63) is 34.6 Å². The molecule has 0 aliphatic rings. The third-order valence-corrected chi connectivity index (χ3v) is 2.13. The Kier molecular flexibility index (Phi) is 2.40. The van der Waals surface area contributed by atoms with Crippen LogP contribution in [0.3, 0.4) is 0 Å². The molecule has 0 amide bonds. The summed E-state index contributed by atoms with van der Waals surface area (Å²) in [6, 6.07) is 0. The lowest BCUT2D eigenvalue weighted by molar-refractivity contribution is 0.366.